The van der Waals surface area contributed by atoms with E-state index in [-0.39, 0.29) is 12.6 Å². The van der Waals surface area contributed by atoms with Crippen molar-refractivity contribution in [2.24, 2.45) is 0 Å². The summed E-state index contributed by atoms with van der Waals surface area (Å²) >= 11 is 0. The van der Waals surface area contributed by atoms with Gasteiger partial charge in [0.1, 0.15) is 0 Å². The van der Waals surface area contributed by atoms with Crippen LogP contribution in [-0.4, -0.2) is 27.7 Å². The van der Waals surface area contributed by atoms with E-state index in [1.807, 2.05) is 54.7 Å². The molecule has 0 unspecified atom stereocenters. The van der Waals surface area contributed by atoms with E-state index in [0.717, 1.165) is 29.0 Å². The number of anilines is 3. The molecule has 5 heteroatoms. The highest BCUT2D eigenvalue weighted by atomic mass is 16.3. The Labute approximate surface area is 158 Å². The minimum absolute atomic E-state index is 0.0526. The van der Waals surface area contributed by atoms with Crippen LogP contribution in [-0.2, 0) is 6.42 Å². The Morgan fingerprint density at radius 2 is 1.59 bits per heavy atom. The topological polar surface area (TPSA) is 73.0 Å². The molecule has 2 aromatic heterocycles. The average Bonchev–Trinajstić information content (AvgIpc) is 3.13. The van der Waals surface area contributed by atoms with E-state index in [9.17, 15) is 5.11 Å². The van der Waals surface area contributed by atoms with Crippen molar-refractivity contribution in [3.05, 3.63) is 84.8 Å². The van der Waals surface area contributed by atoms with Crippen molar-refractivity contribution in [1.82, 2.24) is 9.97 Å². The molecule has 0 aliphatic rings. The van der Waals surface area contributed by atoms with Gasteiger partial charge >= 0.3 is 0 Å². The van der Waals surface area contributed by atoms with E-state index < -0.39 is 0 Å². The van der Waals surface area contributed by atoms with Gasteiger partial charge in [0.25, 0.3) is 0 Å². The van der Waals surface area contributed by atoms with Crippen LogP contribution >= 0.6 is 0 Å². The summed E-state index contributed by atoms with van der Waals surface area (Å²) in [5.74, 6) is 0. The molecule has 1 atom stereocenters. The van der Waals surface area contributed by atoms with Crippen LogP contribution in [0.4, 0.5) is 17.1 Å². The molecule has 0 bridgehead atoms. The van der Waals surface area contributed by atoms with Crippen LogP contribution in [0.2, 0.25) is 0 Å². The van der Waals surface area contributed by atoms with E-state index in [4.69, 9.17) is 0 Å². The molecule has 4 N–H and O–H groups in total. The number of aliphatic hydroxyl groups excluding tert-OH is 1. The molecule has 0 saturated carbocycles. The van der Waals surface area contributed by atoms with Crippen molar-refractivity contribution in [3.63, 3.8) is 0 Å². The molecule has 0 saturated heterocycles. The van der Waals surface area contributed by atoms with Gasteiger partial charge in [0.2, 0.25) is 0 Å². The summed E-state index contributed by atoms with van der Waals surface area (Å²) < 4.78 is 0. The zero-order valence-electron chi connectivity index (χ0n) is 14.9. The second-order valence-electron chi connectivity index (χ2n) is 6.53. The number of hydrogen-bond acceptors (Lipinski definition) is 4. The molecule has 0 radical (unpaired) electrons. The second kappa shape index (κ2) is 7.93. The summed E-state index contributed by atoms with van der Waals surface area (Å²) in [6.45, 7) is 0.0660. The van der Waals surface area contributed by atoms with Gasteiger partial charge in [-0.25, -0.2) is 0 Å². The first-order chi connectivity index (χ1) is 13.3. The number of pyridine rings is 1. The first-order valence-corrected chi connectivity index (χ1v) is 9.01. The van der Waals surface area contributed by atoms with Crippen LogP contribution in [0.25, 0.3) is 10.9 Å². The van der Waals surface area contributed by atoms with Gasteiger partial charge in [0.15, 0.2) is 0 Å². The SMILES string of the molecule is OC[C@@H](Cc1c[nH]c2ccccc12)Nc1ccc(Nc2ccncc2)cc1. The number of aliphatic hydroxyl groups is 1. The van der Waals surface area contributed by atoms with Crippen LogP contribution in [0, 0.1) is 0 Å². The number of aromatic nitrogens is 2. The van der Waals surface area contributed by atoms with Crippen LogP contribution in [0.5, 0.6) is 0 Å². The molecule has 2 heterocycles. The maximum atomic E-state index is 9.82. The molecule has 2 aromatic carbocycles. The van der Waals surface area contributed by atoms with Gasteiger partial charge in [-0.15, -0.1) is 0 Å². The van der Waals surface area contributed by atoms with Gasteiger partial charge in [-0.3, -0.25) is 4.98 Å². The predicted octanol–water partition coefficient (Wildman–Crippen LogP) is 4.32. The van der Waals surface area contributed by atoms with Crippen LogP contribution in [0.15, 0.2) is 79.3 Å². The normalized spacial score (nSPS) is 12.0. The smallest absolute Gasteiger partial charge is 0.0636 e. The lowest BCUT2D eigenvalue weighted by molar-refractivity contribution is 0.274. The van der Waals surface area contributed by atoms with E-state index >= 15 is 0 Å². The third-order valence-electron chi connectivity index (χ3n) is 4.59. The third-order valence-corrected chi connectivity index (χ3v) is 4.59. The number of fused-ring (bicyclic) bond motifs is 1. The summed E-state index contributed by atoms with van der Waals surface area (Å²) in [5.41, 5.74) is 5.31. The maximum absolute atomic E-state index is 9.82. The van der Waals surface area contributed by atoms with Gasteiger partial charge in [-0.1, -0.05) is 18.2 Å². The number of rotatable bonds is 7. The molecule has 27 heavy (non-hydrogen) atoms. The quantitative estimate of drug-likeness (QED) is 0.397. The first kappa shape index (κ1) is 17.1. The molecule has 0 aliphatic carbocycles. The molecule has 5 nitrogen and oxygen atoms in total. The highest BCUT2D eigenvalue weighted by molar-refractivity contribution is 5.83. The number of hydrogen-bond donors (Lipinski definition) is 4. The van der Waals surface area contributed by atoms with Gasteiger partial charge < -0.3 is 20.7 Å². The van der Waals surface area contributed by atoms with E-state index in [2.05, 4.69) is 32.7 Å². The fourth-order valence-electron chi connectivity index (χ4n) is 3.21. The van der Waals surface area contributed by atoms with E-state index in [1.165, 1.54) is 10.9 Å². The van der Waals surface area contributed by atoms with Gasteiger partial charge in [0.05, 0.1) is 12.6 Å². The van der Waals surface area contributed by atoms with Gasteiger partial charge in [0, 0.05) is 46.6 Å². The fraction of sp³-hybridized carbons (Fsp3) is 0.136. The number of H-pyrrole nitrogens is 1. The molecule has 0 spiro atoms. The summed E-state index contributed by atoms with van der Waals surface area (Å²) in [5, 5.41) is 17.8. The lowest BCUT2D eigenvalue weighted by Crippen LogP contribution is -2.26. The highest BCUT2D eigenvalue weighted by Crippen LogP contribution is 2.22. The lowest BCUT2D eigenvalue weighted by atomic mass is 10.1. The Hall–Kier alpha value is -3.31. The predicted molar refractivity (Wildman–Crippen MR) is 110 cm³/mol. The van der Waals surface area contributed by atoms with Crippen molar-refractivity contribution in [2.45, 2.75) is 12.5 Å². The number of benzene rings is 2. The van der Waals surface area contributed by atoms with Gasteiger partial charge in [-0.05, 0) is 54.4 Å². The van der Waals surface area contributed by atoms with Crippen molar-refractivity contribution < 1.29 is 5.11 Å². The number of aromatic amines is 1. The molecule has 4 rings (SSSR count). The minimum atomic E-state index is -0.0526. The van der Waals surface area contributed by atoms with E-state index in [1.54, 1.807) is 12.4 Å². The molecular formula is C22H22N4O. The molecule has 4 aromatic rings. The molecular weight excluding hydrogens is 336 g/mol. The number of nitrogens with zero attached hydrogens (tertiary/aromatic N) is 1. The summed E-state index contributed by atoms with van der Waals surface area (Å²) in [6.07, 6.45) is 6.29. The van der Waals surface area contributed by atoms with Gasteiger partial charge in [-0.2, -0.15) is 0 Å². The number of nitrogens with one attached hydrogen (secondary N) is 3. The summed E-state index contributed by atoms with van der Waals surface area (Å²) in [7, 11) is 0. The lowest BCUT2D eigenvalue weighted by Gasteiger charge is -2.18. The van der Waals surface area contributed by atoms with Crippen molar-refractivity contribution in [3.8, 4) is 0 Å². The standard InChI is InChI=1S/C22H22N4O/c27-15-20(13-16-14-24-22-4-2-1-3-21(16)22)26-18-7-5-17(6-8-18)25-19-9-11-23-12-10-19/h1-12,14,20,24,26-27H,13,15H2,(H,23,25)/t20-/m1/s1. The number of para-hydroxylation sites is 1. The largest absolute Gasteiger partial charge is 0.394 e. The van der Waals surface area contributed by atoms with Crippen LogP contribution in [0.3, 0.4) is 0 Å². The summed E-state index contributed by atoms with van der Waals surface area (Å²) in [4.78, 5) is 7.31. The van der Waals surface area contributed by atoms with Crippen molar-refractivity contribution in [2.75, 3.05) is 17.2 Å². The molecule has 0 amide bonds. The van der Waals surface area contributed by atoms with Crippen LogP contribution in [0.1, 0.15) is 5.56 Å². The highest BCUT2D eigenvalue weighted by Gasteiger charge is 2.12. The Balaban J connectivity index is 1.42. The van der Waals surface area contributed by atoms with Crippen molar-refractivity contribution in [1.29, 1.82) is 0 Å². The van der Waals surface area contributed by atoms with Crippen molar-refractivity contribution >= 4 is 28.0 Å². The first-order valence-electron chi connectivity index (χ1n) is 9.01. The Kier molecular flexibility index (Phi) is 5.03. The molecule has 136 valence electrons. The van der Waals surface area contributed by atoms with E-state index in [0.29, 0.717) is 0 Å². The Bertz CT molecular complexity index is 996. The molecule has 0 aliphatic heterocycles. The Morgan fingerprint density at radius 3 is 2.37 bits per heavy atom. The maximum Gasteiger partial charge on any atom is 0.0636 e. The zero-order valence-corrected chi connectivity index (χ0v) is 14.9. The van der Waals surface area contributed by atoms with Crippen LogP contribution < -0.4 is 10.6 Å². The minimum Gasteiger partial charge on any atom is -0.394 e. The zero-order chi connectivity index (χ0) is 18.5. The molecule has 0 fully saturated rings. The fourth-order valence-corrected chi connectivity index (χ4v) is 3.21. The Morgan fingerprint density at radius 1 is 0.889 bits per heavy atom. The monoisotopic (exact) mass is 358 g/mol. The third kappa shape index (κ3) is 4.10. The average molecular weight is 358 g/mol. The second-order valence-corrected chi connectivity index (χ2v) is 6.53. The summed E-state index contributed by atoms with van der Waals surface area (Å²) in [6, 6.07) is 20.1.